The average Bonchev–Trinajstić information content (AvgIpc) is 2.98. The highest BCUT2D eigenvalue weighted by Crippen LogP contribution is 2.66. The summed E-state index contributed by atoms with van der Waals surface area (Å²) in [7, 11) is 0. The average molecular weight is 633 g/mol. The number of urea groups is 1. The zero-order valence-corrected chi connectivity index (χ0v) is 26.9. The van der Waals surface area contributed by atoms with Crippen LogP contribution in [0.2, 0.25) is 0 Å². The number of hydrogen-bond donors (Lipinski definition) is 5. The van der Waals surface area contributed by atoms with E-state index in [4.69, 9.17) is 0 Å². The van der Waals surface area contributed by atoms with Crippen LogP contribution in [0.3, 0.4) is 0 Å². The number of benzene rings is 2. The zero-order chi connectivity index (χ0) is 34.3. The largest absolute Gasteiger partial charge is 0.505 e. The zero-order valence-electron chi connectivity index (χ0n) is 26.9. The molecule has 0 bridgehead atoms. The number of ketones is 5. The van der Waals surface area contributed by atoms with E-state index in [0.717, 1.165) is 18.9 Å². The molecule has 46 heavy (non-hydrogen) atoms. The van der Waals surface area contributed by atoms with Crippen molar-refractivity contribution in [2.24, 2.45) is 34.5 Å². The summed E-state index contributed by atoms with van der Waals surface area (Å²) in [5.41, 5.74) is -5.35. The van der Waals surface area contributed by atoms with E-state index in [1.807, 2.05) is 19.1 Å². The Morgan fingerprint density at radius 3 is 2.11 bits per heavy atom. The predicted octanol–water partition coefficient (Wildman–Crippen LogP) is 3.83. The molecule has 2 amide bonds. The maximum Gasteiger partial charge on any atom is 0.323 e. The number of aryl methyl sites for hydroxylation is 1. The maximum atomic E-state index is 14.5. The standard InChI is InChI=1S/C35H40N2O9/c1-8-18-9-11-19(12-10-18)36-32(45)37-21-14-13-20-16(4)33(6)25(28(41)23(20)26(21)39)30(43)35(46)29(42)22(17(5)38)27(40)24(15(2)3)34(35,7)31(33)44/h9-16,22,24-25,31,39,44,46H,8H2,1-7H3,(H2,36,37,45)/t16-,22?,24?,25?,31-,33+,34+,35+/m1/s1. The van der Waals surface area contributed by atoms with E-state index in [9.17, 15) is 44.1 Å². The van der Waals surface area contributed by atoms with Gasteiger partial charge >= 0.3 is 6.03 Å². The van der Waals surface area contributed by atoms with Gasteiger partial charge in [-0.25, -0.2) is 4.79 Å². The van der Waals surface area contributed by atoms with Gasteiger partial charge in [-0.1, -0.05) is 59.7 Å². The second-order valence-electron chi connectivity index (χ2n) is 13.7. The first-order valence-corrected chi connectivity index (χ1v) is 15.5. The number of aliphatic hydroxyl groups is 2. The van der Waals surface area contributed by atoms with Crippen LogP contribution in [0.25, 0.3) is 0 Å². The van der Waals surface area contributed by atoms with Crippen molar-refractivity contribution < 1.29 is 44.1 Å². The van der Waals surface area contributed by atoms with Crippen molar-refractivity contribution in [3.05, 3.63) is 53.1 Å². The molecule has 2 saturated carbocycles. The molecule has 0 heterocycles. The van der Waals surface area contributed by atoms with Crippen LogP contribution >= 0.6 is 0 Å². The Morgan fingerprint density at radius 2 is 1.57 bits per heavy atom. The molecule has 8 atom stereocenters. The number of phenols is 1. The number of aliphatic hydroxyl groups excluding tert-OH is 1. The number of anilines is 2. The second kappa shape index (κ2) is 10.9. The molecule has 2 aromatic rings. The minimum absolute atomic E-state index is 0.131. The van der Waals surface area contributed by atoms with E-state index in [-0.39, 0.29) is 16.8 Å². The summed E-state index contributed by atoms with van der Waals surface area (Å²) in [5.74, 6) is -12.3. The van der Waals surface area contributed by atoms with Crippen molar-refractivity contribution in [3.63, 3.8) is 0 Å². The SMILES string of the molecule is CCc1ccc(NC(=O)Nc2ccc3c(c2O)C(=O)C2C(=O)[C@@]4(O)C(=O)C(C(C)=O)C(=O)C(C(C)C)[C@@]4(C)[C@H](O)[C@@]2(C)[C@@H]3C)cc1. The van der Waals surface area contributed by atoms with Crippen molar-refractivity contribution in [3.8, 4) is 5.75 Å². The number of phenolic OH excluding ortho intramolecular Hbond substituents is 1. The fourth-order valence-electron chi connectivity index (χ4n) is 8.56. The third-order valence-electron chi connectivity index (χ3n) is 11.1. The molecular formula is C35H40N2O9. The van der Waals surface area contributed by atoms with Crippen molar-refractivity contribution >= 4 is 46.3 Å². The Morgan fingerprint density at radius 1 is 0.957 bits per heavy atom. The van der Waals surface area contributed by atoms with Gasteiger partial charge in [-0.15, -0.1) is 0 Å². The summed E-state index contributed by atoms with van der Waals surface area (Å²) in [6.07, 6.45) is -0.933. The normalized spacial score (nSPS) is 33.7. The van der Waals surface area contributed by atoms with E-state index in [0.29, 0.717) is 5.69 Å². The van der Waals surface area contributed by atoms with Crippen LogP contribution in [0.1, 0.15) is 75.9 Å². The fraction of sp³-hybridized carbons (Fsp3) is 0.486. The van der Waals surface area contributed by atoms with Crippen molar-refractivity contribution in [2.75, 3.05) is 10.6 Å². The van der Waals surface area contributed by atoms with Gasteiger partial charge in [0, 0.05) is 22.4 Å². The number of fused-ring (bicyclic) bond motifs is 3. The second-order valence-corrected chi connectivity index (χ2v) is 13.7. The van der Waals surface area contributed by atoms with Crippen LogP contribution in [-0.4, -0.2) is 62.0 Å². The molecule has 3 unspecified atom stereocenters. The van der Waals surface area contributed by atoms with Gasteiger partial charge < -0.3 is 26.0 Å². The molecule has 3 aliphatic carbocycles. The molecule has 5 rings (SSSR count). The van der Waals surface area contributed by atoms with Crippen molar-refractivity contribution in [1.29, 1.82) is 0 Å². The first kappa shape index (κ1) is 33.2. The number of carbonyl (C=O) groups excluding carboxylic acids is 6. The summed E-state index contributed by atoms with van der Waals surface area (Å²) >= 11 is 0. The highest BCUT2D eigenvalue weighted by molar-refractivity contribution is 6.33. The van der Waals surface area contributed by atoms with Crippen LogP contribution in [0, 0.1) is 34.5 Å². The minimum atomic E-state index is -3.05. The molecule has 2 aromatic carbocycles. The maximum absolute atomic E-state index is 14.5. The van der Waals surface area contributed by atoms with Gasteiger partial charge in [-0.3, -0.25) is 24.0 Å². The van der Waals surface area contributed by atoms with Gasteiger partial charge in [-0.05, 0) is 54.5 Å². The predicted molar refractivity (Wildman–Crippen MR) is 167 cm³/mol. The van der Waals surface area contributed by atoms with E-state index in [1.54, 1.807) is 32.9 Å². The molecule has 5 N–H and O–H groups in total. The lowest BCUT2D eigenvalue weighted by atomic mass is 9.37. The highest BCUT2D eigenvalue weighted by atomic mass is 16.3. The van der Waals surface area contributed by atoms with Crippen molar-refractivity contribution in [1.82, 2.24) is 0 Å². The third kappa shape index (κ3) is 4.17. The Labute approximate surface area is 266 Å². The minimum Gasteiger partial charge on any atom is -0.505 e. The van der Waals surface area contributed by atoms with Gasteiger partial charge in [0.2, 0.25) is 0 Å². The molecular weight excluding hydrogens is 592 g/mol. The van der Waals surface area contributed by atoms with Crippen LogP contribution in [-0.2, 0) is 25.6 Å². The van der Waals surface area contributed by atoms with Crippen molar-refractivity contribution in [2.45, 2.75) is 72.5 Å². The molecule has 3 aliphatic rings. The Kier molecular flexibility index (Phi) is 7.89. The van der Waals surface area contributed by atoms with E-state index < -0.39 is 92.8 Å². The molecule has 244 valence electrons. The van der Waals surface area contributed by atoms with Crippen LogP contribution in [0.15, 0.2) is 36.4 Å². The number of rotatable bonds is 5. The number of hydrogen-bond acceptors (Lipinski definition) is 9. The van der Waals surface area contributed by atoms with Gasteiger partial charge in [0.15, 0.2) is 28.7 Å². The summed E-state index contributed by atoms with van der Waals surface area (Å²) in [6.45, 7) is 10.8. The molecule has 11 heteroatoms. The monoisotopic (exact) mass is 632 g/mol. The molecule has 11 nitrogen and oxygen atoms in total. The first-order valence-electron chi connectivity index (χ1n) is 15.5. The van der Waals surface area contributed by atoms with Gasteiger partial charge in [0.1, 0.15) is 17.5 Å². The van der Waals surface area contributed by atoms with E-state index in [1.165, 1.54) is 26.0 Å². The van der Waals surface area contributed by atoms with Crippen LogP contribution in [0.4, 0.5) is 16.2 Å². The van der Waals surface area contributed by atoms with Gasteiger partial charge in [0.05, 0.1) is 23.3 Å². The summed E-state index contributed by atoms with van der Waals surface area (Å²) in [5, 5.41) is 40.9. The van der Waals surface area contributed by atoms with Gasteiger partial charge in [-0.2, -0.15) is 0 Å². The summed E-state index contributed by atoms with van der Waals surface area (Å²) < 4.78 is 0. The summed E-state index contributed by atoms with van der Waals surface area (Å²) in [4.78, 5) is 81.8. The highest BCUT2D eigenvalue weighted by Gasteiger charge is 2.80. The third-order valence-corrected chi connectivity index (χ3v) is 11.1. The molecule has 0 radical (unpaired) electrons. The number of nitrogens with one attached hydrogen (secondary N) is 2. The number of aromatic hydroxyl groups is 1. The first-order chi connectivity index (χ1) is 21.4. The Balaban J connectivity index is 1.60. The van der Waals surface area contributed by atoms with Crippen LogP contribution < -0.4 is 10.6 Å². The van der Waals surface area contributed by atoms with E-state index >= 15 is 0 Å². The lowest BCUT2D eigenvalue weighted by Crippen LogP contribution is -2.81. The van der Waals surface area contributed by atoms with E-state index in [2.05, 4.69) is 10.6 Å². The lowest BCUT2D eigenvalue weighted by Gasteiger charge is -2.65. The molecule has 0 saturated heterocycles. The smallest absolute Gasteiger partial charge is 0.323 e. The summed E-state index contributed by atoms with van der Waals surface area (Å²) in [6, 6.07) is 9.35. The molecule has 0 aliphatic heterocycles. The molecule has 0 aromatic heterocycles. The fourth-order valence-corrected chi connectivity index (χ4v) is 8.56. The van der Waals surface area contributed by atoms with Crippen LogP contribution in [0.5, 0.6) is 5.75 Å². The lowest BCUT2D eigenvalue weighted by molar-refractivity contribution is -0.240. The van der Waals surface area contributed by atoms with Gasteiger partial charge in [0.25, 0.3) is 0 Å². The molecule has 0 spiro atoms. The molecule has 2 fully saturated rings. The number of Topliss-reactive ketones (excluding diaryl/α,β-unsaturated/α-hetero) is 5. The number of carbonyl (C=O) groups is 6. The topological polar surface area (TPSA) is 187 Å². The quantitative estimate of drug-likeness (QED) is 0.241. The number of amides is 2. The Bertz CT molecular complexity index is 1700. The Hall–Kier alpha value is -4.22.